The average Bonchev–Trinajstić information content (AvgIpc) is 3.09. The minimum Gasteiger partial charge on any atom is -0.488 e. The summed E-state index contributed by atoms with van der Waals surface area (Å²) in [4.78, 5) is 10.8. The second-order valence-corrected chi connectivity index (χ2v) is 8.59. The van der Waals surface area contributed by atoms with Crippen LogP contribution in [-0.4, -0.2) is 22.6 Å². The van der Waals surface area contributed by atoms with Crippen molar-refractivity contribution >= 4 is 39.9 Å². The number of hydrogen-bond donors (Lipinski definition) is 1. The van der Waals surface area contributed by atoms with Gasteiger partial charge in [-0.3, -0.25) is 4.79 Å². The van der Waals surface area contributed by atoms with Crippen molar-refractivity contribution in [1.82, 2.24) is 0 Å². The lowest BCUT2D eigenvalue weighted by Gasteiger charge is -2.25. The second-order valence-electron chi connectivity index (χ2n) is 7.62. The van der Waals surface area contributed by atoms with Crippen molar-refractivity contribution in [2.75, 3.05) is 0 Å². The molecular weight excluding hydrogens is 426 g/mol. The molecule has 0 aromatic heterocycles. The van der Waals surface area contributed by atoms with Crippen molar-refractivity contribution in [2.24, 2.45) is 0 Å². The summed E-state index contributed by atoms with van der Waals surface area (Å²) in [6, 6.07) is 16.4. The van der Waals surface area contributed by atoms with Crippen LogP contribution in [0.2, 0.25) is 5.02 Å². The van der Waals surface area contributed by atoms with E-state index in [4.69, 9.17) is 33.0 Å². The van der Waals surface area contributed by atoms with E-state index in [1.165, 1.54) is 6.07 Å². The van der Waals surface area contributed by atoms with Crippen LogP contribution >= 0.6 is 23.2 Å². The third-order valence-corrected chi connectivity index (χ3v) is 6.51. The van der Waals surface area contributed by atoms with Gasteiger partial charge in [0, 0.05) is 28.1 Å². The van der Waals surface area contributed by atoms with Crippen LogP contribution in [0.25, 0.3) is 10.8 Å². The van der Waals surface area contributed by atoms with E-state index in [9.17, 15) is 9.18 Å². The van der Waals surface area contributed by atoms with Crippen LogP contribution in [0, 0.1) is 5.82 Å². The van der Waals surface area contributed by atoms with Gasteiger partial charge in [0.25, 0.3) is 0 Å². The Morgan fingerprint density at radius 2 is 1.87 bits per heavy atom. The molecule has 30 heavy (non-hydrogen) atoms. The van der Waals surface area contributed by atoms with Crippen molar-refractivity contribution in [3.05, 3.63) is 76.6 Å². The van der Waals surface area contributed by atoms with Crippen LogP contribution < -0.4 is 4.74 Å². The largest absolute Gasteiger partial charge is 0.488 e. The average molecular weight is 447 g/mol. The van der Waals surface area contributed by atoms with Crippen LogP contribution in [0.15, 0.2) is 54.6 Å². The van der Waals surface area contributed by atoms with E-state index in [1.54, 1.807) is 6.07 Å². The minimum atomic E-state index is -0.942. The van der Waals surface area contributed by atoms with E-state index in [0.717, 1.165) is 29.2 Å². The Labute approximate surface area is 184 Å². The zero-order valence-electron chi connectivity index (χ0n) is 16.2. The molecule has 3 aromatic carbocycles. The molecule has 0 radical (unpaired) electrons. The molecule has 0 aliphatic heterocycles. The van der Waals surface area contributed by atoms with Crippen LogP contribution in [0.4, 0.5) is 4.39 Å². The van der Waals surface area contributed by atoms with E-state index in [1.807, 2.05) is 42.5 Å². The molecule has 0 spiro atoms. The predicted octanol–water partition coefficient (Wildman–Crippen LogP) is 6.58. The van der Waals surface area contributed by atoms with Crippen LogP contribution in [-0.2, 0) is 11.2 Å². The third kappa shape index (κ3) is 4.26. The first-order valence-corrected chi connectivity index (χ1v) is 10.7. The molecule has 1 aliphatic rings. The topological polar surface area (TPSA) is 46.5 Å². The monoisotopic (exact) mass is 446 g/mol. The van der Waals surface area contributed by atoms with E-state index in [-0.39, 0.29) is 36.1 Å². The molecule has 3 aromatic rings. The maximum atomic E-state index is 14.6. The van der Waals surface area contributed by atoms with Crippen molar-refractivity contribution < 1.29 is 19.0 Å². The maximum absolute atomic E-state index is 14.6. The van der Waals surface area contributed by atoms with Gasteiger partial charge in [-0.25, -0.2) is 4.39 Å². The highest BCUT2D eigenvalue weighted by Gasteiger charge is 2.38. The zero-order chi connectivity index (χ0) is 21.3. The molecule has 6 heteroatoms. The fourth-order valence-electron chi connectivity index (χ4n) is 4.15. The van der Waals surface area contributed by atoms with Crippen molar-refractivity contribution in [3.63, 3.8) is 0 Å². The number of carboxylic acid groups (broad SMARTS) is 1. The Balaban J connectivity index is 1.61. The van der Waals surface area contributed by atoms with Gasteiger partial charge >= 0.3 is 5.97 Å². The van der Waals surface area contributed by atoms with Gasteiger partial charge in [-0.15, -0.1) is 11.6 Å². The second kappa shape index (κ2) is 8.83. The van der Waals surface area contributed by atoms with Gasteiger partial charge < -0.3 is 9.84 Å². The van der Waals surface area contributed by atoms with E-state index < -0.39 is 5.97 Å². The number of aryl methyl sites for hydroxylation is 1. The Morgan fingerprint density at radius 1 is 1.10 bits per heavy atom. The molecule has 1 fully saturated rings. The van der Waals surface area contributed by atoms with Gasteiger partial charge in [0.05, 0.1) is 5.38 Å². The fourth-order valence-corrected chi connectivity index (χ4v) is 4.74. The summed E-state index contributed by atoms with van der Waals surface area (Å²) in [5, 5.41) is 11.1. The van der Waals surface area contributed by atoms with Crippen LogP contribution in [0.1, 0.15) is 36.3 Å². The normalized spacial score (nSPS) is 21.1. The molecule has 0 heterocycles. The minimum absolute atomic E-state index is 0.0510. The molecule has 156 valence electrons. The fraction of sp³-hybridized carbons (Fsp3) is 0.292. The molecule has 2 unspecified atom stereocenters. The summed E-state index contributed by atoms with van der Waals surface area (Å²) < 4.78 is 21.0. The van der Waals surface area contributed by atoms with Crippen LogP contribution in [0.3, 0.4) is 0 Å². The highest BCUT2D eigenvalue weighted by molar-refractivity contribution is 6.35. The summed E-state index contributed by atoms with van der Waals surface area (Å²) in [7, 11) is 0. The first kappa shape index (κ1) is 21.0. The number of rotatable bonds is 6. The first-order valence-electron chi connectivity index (χ1n) is 9.92. The van der Waals surface area contributed by atoms with Crippen molar-refractivity contribution in [3.8, 4) is 5.75 Å². The molecule has 1 aliphatic carbocycles. The highest BCUT2D eigenvalue weighted by atomic mass is 35.5. The molecule has 3 nitrogen and oxygen atoms in total. The van der Waals surface area contributed by atoms with Crippen molar-refractivity contribution in [1.29, 1.82) is 0 Å². The SMILES string of the molecule is O=C(O)CCc1ccc([C@H]2CCC(Cl)C2Oc2ccc(Cl)c3ccccc23)cc1F. The number of aliphatic carboxylic acids is 1. The number of carboxylic acids is 1. The van der Waals surface area contributed by atoms with Crippen molar-refractivity contribution in [2.45, 2.75) is 43.1 Å². The standard InChI is InChI=1S/C24H21Cl2FO3/c25-19-10-11-22(18-4-2-1-3-17(18)19)30-24-16(8-9-20(24)26)15-6-5-14(21(27)13-15)7-12-23(28)29/h1-6,10-11,13,16,20,24H,7-9,12H2,(H,28,29)/t16-,20?,24?/m1/s1. The Bertz CT molecular complexity index is 1090. The smallest absolute Gasteiger partial charge is 0.303 e. The van der Waals surface area contributed by atoms with Gasteiger partial charge in [-0.2, -0.15) is 0 Å². The number of halogens is 3. The number of hydrogen-bond acceptors (Lipinski definition) is 2. The highest BCUT2D eigenvalue weighted by Crippen LogP contribution is 2.42. The summed E-state index contributed by atoms with van der Waals surface area (Å²) in [6.07, 6.45) is 1.32. The number of alkyl halides is 1. The molecule has 0 amide bonds. The number of carbonyl (C=O) groups is 1. The van der Waals surface area contributed by atoms with Gasteiger partial charge in [-0.05, 0) is 48.6 Å². The molecule has 0 bridgehead atoms. The van der Waals surface area contributed by atoms with Crippen LogP contribution in [0.5, 0.6) is 5.75 Å². The molecular formula is C24H21Cl2FO3. The van der Waals surface area contributed by atoms with Gasteiger partial charge in [0.1, 0.15) is 17.7 Å². The Morgan fingerprint density at radius 3 is 2.60 bits per heavy atom. The van der Waals surface area contributed by atoms with Gasteiger partial charge in [0.2, 0.25) is 0 Å². The Hall–Kier alpha value is -2.30. The first-order chi connectivity index (χ1) is 14.4. The van der Waals surface area contributed by atoms with Gasteiger partial charge in [0.15, 0.2) is 0 Å². The molecule has 1 saturated carbocycles. The zero-order valence-corrected chi connectivity index (χ0v) is 17.7. The van der Waals surface area contributed by atoms with E-state index in [2.05, 4.69) is 0 Å². The lowest BCUT2D eigenvalue weighted by molar-refractivity contribution is -0.136. The number of benzene rings is 3. The van der Waals surface area contributed by atoms with E-state index in [0.29, 0.717) is 16.3 Å². The predicted molar refractivity (Wildman–Crippen MR) is 117 cm³/mol. The van der Waals surface area contributed by atoms with Gasteiger partial charge in [-0.1, -0.05) is 48.0 Å². The lowest BCUT2D eigenvalue weighted by atomic mass is 9.93. The summed E-state index contributed by atoms with van der Waals surface area (Å²) in [6.45, 7) is 0. The summed E-state index contributed by atoms with van der Waals surface area (Å²) >= 11 is 12.9. The Kier molecular flexibility index (Phi) is 6.16. The number of ether oxygens (including phenoxy) is 1. The summed E-state index contributed by atoms with van der Waals surface area (Å²) in [5.74, 6) is -0.675. The molecule has 4 rings (SSSR count). The molecule has 3 atom stereocenters. The van der Waals surface area contributed by atoms with E-state index >= 15 is 0 Å². The quantitative estimate of drug-likeness (QED) is 0.434. The maximum Gasteiger partial charge on any atom is 0.303 e. The lowest BCUT2D eigenvalue weighted by Crippen LogP contribution is -2.27. The number of fused-ring (bicyclic) bond motifs is 1. The third-order valence-electron chi connectivity index (χ3n) is 5.71. The molecule has 1 N–H and O–H groups in total. The molecule has 0 saturated heterocycles. The summed E-state index contributed by atoms with van der Waals surface area (Å²) in [5.41, 5.74) is 1.22.